The largest absolute Gasteiger partial charge is 0.381 e. The van der Waals surface area contributed by atoms with Gasteiger partial charge in [0.1, 0.15) is 0 Å². The van der Waals surface area contributed by atoms with Gasteiger partial charge in [-0.25, -0.2) is 0 Å². The molecule has 2 nitrogen and oxygen atoms in total. The van der Waals surface area contributed by atoms with Gasteiger partial charge in [0.2, 0.25) is 0 Å². The molecule has 0 bridgehead atoms. The molecule has 0 radical (unpaired) electrons. The van der Waals surface area contributed by atoms with Crippen LogP contribution in [-0.2, 0) is 0 Å². The van der Waals surface area contributed by atoms with Crippen LogP contribution in [0.1, 0.15) is 6.42 Å². The Hall–Kier alpha value is -0.440. The molecular weight excluding hydrogens is 219 g/mol. The Morgan fingerprint density at radius 1 is 1.29 bits per heavy atom. The lowest BCUT2D eigenvalue weighted by Gasteiger charge is -2.13. The van der Waals surface area contributed by atoms with Crippen LogP contribution < -0.4 is 10.6 Å². The smallest absolute Gasteiger partial charge is 0.0612 e. The van der Waals surface area contributed by atoms with E-state index in [0.717, 1.165) is 25.2 Å². The third kappa shape index (κ3) is 2.32. The molecule has 1 heterocycles. The second-order valence-corrected chi connectivity index (χ2v) is 4.28. The number of benzene rings is 1. The Morgan fingerprint density at radius 2 is 2.14 bits per heavy atom. The third-order valence-corrected chi connectivity index (χ3v) is 3.09. The van der Waals surface area contributed by atoms with Crippen molar-refractivity contribution >= 4 is 28.9 Å². The standard InChI is InChI=1S/C10H12Cl2N2/c11-9-2-1-7(5-10(9)12)14-8-3-4-13-6-8/h1-2,5,8,13-14H,3-4,6H2. The molecule has 0 aromatic heterocycles. The number of hydrogen-bond donors (Lipinski definition) is 2. The van der Waals surface area contributed by atoms with Crippen LogP contribution in [-0.4, -0.2) is 19.1 Å². The van der Waals surface area contributed by atoms with E-state index in [1.165, 1.54) is 0 Å². The van der Waals surface area contributed by atoms with Gasteiger partial charge in [-0.1, -0.05) is 23.2 Å². The molecule has 1 saturated heterocycles. The van der Waals surface area contributed by atoms with E-state index in [4.69, 9.17) is 23.2 Å². The SMILES string of the molecule is Clc1ccc(NC2CCNC2)cc1Cl. The zero-order valence-corrected chi connectivity index (χ0v) is 9.20. The predicted octanol–water partition coefficient (Wildman–Crippen LogP) is 2.77. The summed E-state index contributed by atoms with van der Waals surface area (Å²) in [5.41, 5.74) is 1.04. The number of anilines is 1. The van der Waals surface area contributed by atoms with Gasteiger partial charge in [0, 0.05) is 18.3 Å². The zero-order valence-electron chi connectivity index (χ0n) is 7.69. The van der Waals surface area contributed by atoms with Gasteiger partial charge in [-0.2, -0.15) is 0 Å². The molecule has 1 aromatic rings. The summed E-state index contributed by atoms with van der Waals surface area (Å²) in [5.74, 6) is 0. The van der Waals surface area contributed by atoms with Crippen LogP contribution in [0.2, 0.25) is 10.0 Å². The third-order valence-electron chi connectivity index (χ3n) is 2.35. The normalized spacial score (nSPS) is 21.1. The van der Waals surface area contributed by atoms with Crippen LogP contribution >= 0.6 is 23.2 Å². The lowest BCUT2D eigenvalue weighted by molar-refractivity contribution is 0.793. The molecule has 1 aliphatic rings. The Balaban J connectivity index is 2.05. The van der Waals surface area contributed by atoms with Crippen LogP contribution in [0.4, 0.5) is 5.69 Å². The number of halogens is 2. The van der Waals surface area contributed by atoms with Gasteiger partial charge in [-0.15, -0.1) is 0 Å². The number of rotatable bonds is 2. The summed E-state index contributed by atoms with van der Waals surface area (Å²) in [6.07, 6.45) is 1.15. The molecule has 0 spiro atoms. The van der Waals surface area contributed by atoms with Gasteiger partial charge in [-0.05, 0) is 31.2 Å². The fraction of sp³-hybridized carbons (Fsp3) is 0.400. The Bertz CT molecular complexity index is 322. The van der Waals surface area contributed by atoms with Crippen molar-refractivity contribution in [2.45, 2.75) is 12.5 Å². The van der Waals surface area contributed by atoms with Gasteiger partial charge in [-0.3, -0.25) is 0 Å². The summed E-state index contributed by atoms with van der Waals surface area (Å²) in [7, 11) is 0. The van der Waals surface area contributed by atoms with E-state index in [0.29, 0.717) is 16.1 Å². The Labute approximate surface area is 93.6 Å². The molecule has 0 saturated carbocycles. The molecule has 4 heteroatoms. The molecule has 76 valence electrons. The number of hydrogen-bond acceptors (Lipinski definition) is 2. The minimum Gasteiger partial charge on any atom is -0.381 e. The average Bonchev–Trinajstić information content (AvgIpc) is 2.64. The molecule has 2 N–H and O–H groups in total. The molecule has 2 rings (SSSR count). The lowest BCUT2D eigenvalue weighted by atomic mass is 10.2. The summed E-state index contributed by atoms with van der Waals surface area (Å²) in [6, 6.07) is 6.14. The molecular formula is C10H12Cl2N2. The van der Waals surface area contributed by atoms with Crippen molar-refractivity contribution in [1.29, 1.82) is 0 Å². The monoisotopic (exact) mass is 230 g/mol. The highest BCUT2D eigenvalue weighted by molar-refractivity contribution is 6.42. The highest BCUT2D eigenvalue weighted by atomic mass is 35.5. The van der Waals surface area contributed by atoms with E-state index < -0.39 is 0 Å². The first-order valence-electron chi connectivity index (χ1n) is 4.68. The van der Waals surface area contributed by atoms with Crippen molar-refractivity contribution in [3.8, 4) is 0 Å². The van der Waals surface area contributed by atoms with Crippen molar-refractivity contribution in [3.63, 3.8) is 0 Å². The average molecular weight is 231 g/mol. The van der Waals surface area contributed by atoms with Gasteiger partial charge in [0.25, 0.3) is 0 Å². The molecule has 1 aromatic carbocycles. The first kappa shape index (κ1) is 10.1. The lowest BCUT2D eigenvalue weighted by Crippen LogP contribution is -2.21. The molecule has 1 atom stereocenters. The van der Waals surface area contributed by atoms with Gasteiger partial charge >= 0.3 is 0 Å². The van der Waals surface area contributed by atoms with Crippen molar-refractivity contribution in [2.75, 3.05) is 18.4 Å². The van der Waals surface area contributed by atoms with Crippen molar-refractivity contribution in [1.82, 2.24) is 5.32 Å². The minimum atomic E-state index is 0.507. The van der Waals surface area contributed by atoms with Crippen molar-refractivity contribution in [3.05, 3.63) is 28.2 Å². The highest BCUT2D eigenvalue weighted by Crippen LogP contribution is 2.25. The van der Waals surface area contributed by atoms with Gasteiger partial charge in [0.15, 0.2) is 0 Å². The molecule has 0 amide bonds. The predicted molar refractivity (Wildman–Crippen MR) is 61.4 cm³/mol. The zero-order chi connectivity index (χ0) is 9.97. The summed E-state index contributed by atoms with van der Waals surface area (Å²) in [5, 5.41) is 7.90. The summed E-state index contributed by atoms with van der Waals surface area (Å²) in [6.45, 7) is 2.10. The fourth-order valence-corrected chi connectivity index (χ4v) is 1.90. The molecule has 1 unspecified atom stereocenters. The minimum absolute atomic E-state index is 0.507. The molecule has 0 aliphatic carbocycles. The van der Waals surface area contributed by atoms with E-state index in [1.807, 2.05) is 18.2 Å². The quantitative estimate of drug-likeness (QED) is 0.817. The molecule has 14 heavy (non-hydrogen) atoms. The van der Waals surface area contributed by atoms with E-state index in [-0.39, 0.29) is 0 Å². The van der Waals surface area contributed by atoms with Gasteiger partial charge in [0.05, 0.1) is 10.0 Å². The van der Waals surface area contributed by atoms with Crippen LogP contribution in [0, 0.1) is 0 Å². The second kappa shape index (κ2) is 4.39. The maximum atomic E-state index is 5.91. The Kier molecular flexibility index (Phi) is 3.16. The van der Waals surface area contributed by atoms with Gasteiger partial charge < -0.3 is 10.6 Å². The molecule has 1 aliphatic heterocycles. The first-order valence-corrected chi connectivity index (χ1v) is 5.43. The van der Waals surface area contributed by atoms with Crippen molar-refractivity contribution < 1.29 is 0 Å². The van der Waals surface area contributed by atoms with Crippen LogP contribution in [0.3, 0.4) is 0 Å². The summed E-state index contributed by atoms with van der Waals surface area (Å²) in [4.78, 5) is 0. The fourth-order valence-electron chi connectivity index (χ4n) is 1.60. The van der Waals surface area contributed by atoms with E-state index in [9.17, 15) is 0 Å². The number of nitrogens with one attached hydrogen (secondary N) is 2. The maximum Gasteiger partial charge on any atom is 0.0612 e. The van der Waals surface area contributed by atoms with E-state index in [2.05, 4.69) is 10.6 Å². The van der Waals surface area contributed by atoms with E-state index in [1.54, 1.807) is 0 Å². The van der Waals surface area contributed by atoms with Crippen LogP contribution in [0.25, 0.3) is 0 Å². The van der Waals surface area contributed by atoms with Crippen LogP contribution in [0.5, 0.6) is 0 Å². The van der Waals surface area contributed by atoms with Crippen molar-refractivity contribution in [2.24, 2.45) is 0 Å². The Morgan fingerprint density at radius 3 is 2.79 bits per heavy atom. The van der Waals surface area contributed by atoms with Crippen LogP contribution in [0.15, 0.2) is 18.2 Å². The topological polar surface area (TPSA) is 24.1 Å². The summed E-state index contributed by atoms with van der Waals surface area (Å²) >= 11 is 11.7. The first-order chi connectivity index (χ1) is 6.75. The second-order valence-electron chi connectivity index (χ2n) is 3.46. The molecule has 1 fully saturated rings. The maximum absolute atomic E-state index is 5.91. The summed E-state index contributed by atoms with van der Waals surface area (Å²) < 4.78 is 0. The highest BCUT2D eigenvalue weighted by Gasteiger charge is 2.13. The van der Waals surface area contributed by atoms with E-state index >= 15 is 0 Å².